The second kappa shape index (κ2) is 8.00. The lowest BCUT2D eigenvalue weighted by atomic mass is 9.96. The molecule has 1 atom stereocenters. The van der Waals surface area contributed by atoms with Gasteiger partial charge in [-0.15, -0.1) is 11.6 Å². The minimum Gasteiger partial charge on any atom is -0.269 e. The smallest absolute Gasteiger partial charge is 0.0631 e. The molecule has 0 N–H and O–H groups in total. The van der Waals surface area contributed by atoms with E-state index in [-0.39, 0.29) is 5.92 Å². The van der Waals surface area contributed by atoms with Gasteiger partial charge in [0.05, 0.1) is 11.7 Å². The molecule has 2 nitrogen and oxygen atoms in total. The van der Waals surface area contributed by atoms with E-state index >= 15 is 0 Å². The van der Waals surface area contributed by atoms with Crippen molar-refractivity contribution in [3.8, 4) is 0 Å². The SMILES string of the molecule is CCC(CC)n1ccc(CC(CCl)c2ccccc2Br)n1. The molecular weight excluding hydrogens is 348 g/mol. The average Bonchev–Trinajstić information content (AvgIpc) is 2.95. The van der Waals surface area contributed by atoms with Gasteiger partial charge in [0.1, 0.15) is 0 Å². The van der Waals surface area contributed by atoms with E-state index in [1.54, 1.807) is 0 Å². The maximum atomic E-state index is 6.19. The number of nitrogens with zero attached hydrogens (tertiary/aromatic N) is 2. The molecule has 2 aromatic rings. The highest BCUT2D eigenvalue weighted by atomic mass is 79.9. The van der Waals surface area contributed by atoms with Crippen LogP contribution in [-0.4, -0.2) is 15.7 Å². The lowest BCUT2D eigenvalue weighted by Gasteiger charge is -2.15. The fraction of sp³-hybridized carbons (Fsp3) is 0.471. The van der Waals surface area contributed by atoms with Gasteiger partial charge in [-0.25, -0.2) is 0 Å². The van der Waals surface area contributed by atoms with E-state index in [9.17, 15) is 0 Å². The van der Waals surface area contributed by atoms with Gasteiger partial charge in [0.15, 0.2) is 0 Å². The number of rotatable bonds is 7. The minimum atomic E-state index is 0.285. The van der Waals surface area contributed by atoms with Gasteiger partial charge in [0.2, 0.25) is 0 Å². The molecule has 21 heavy (non-hydrogen) atoms. The molecule has 0 aliphatic carbocycles. The van der Waals surface area contributed by atoms with Gasteiger partial charge in [0.25, 0.3) is 0 Å². The Morgan fingerprint density at radius 1 is 1.19 bits per heavy atom. The summed E-state index contributed by atoms with van der Waals surface area (Å²) < 4.78 is 3.22. The normalized spacial score (nSPS) is 12.8. The third-order valence-corrected chi connectivity index (χ3v) is 5.06. The van der Waals surface area contributed by atoms with E-state index in [1.165, 1.54) is 5.56 Å². The number of aromatic nitrogens is 2. The summed E-state index contributed by atoms with van der Waals surface area (Å²) in [4.78, 5) is 0. The molecule has 2 rings (SSSR count). The lowest BCUT2D eigenvalue weighted by molar-refractivity contribution is 0.424. The summed E-state index contributed by atoms with van der Waals surface area (Å²) in [5, 5.41) is 4.74. The summed E-state index contributed by atoms with van der Waals surface area (Å²) in [6.45, 7) is 4.41. The van der Waals surface area contributed by atoms with E-state index in [2.05, 4.69) is 64.9 Å². The molecule has 4 heteroatoms. The van der Waals surface area contributed by atoms with Crippen LogP contribution in [0.25, 0.3) is 0 Å². The molecule has 0 saturated carbocycles. The molecule has 1 aromatic carbocycles. The Kier molecular flexibility index (Phi) is 6.31. The first kappa shape index (κ1) is 16.6. The first-order valence-electron chi connectivity index (χ1n) is 7.54. The quantitative estimate of drug-likeness (QED) is 0.583. The highest BCUT2D eigenvalue weighted by molar-refractivity contribution is 9.10. The fourth-order valence-electron chi connectivity index (χ4n) is 2.66. The topological polar surface area (TPSA) is 17.8 Å². The maximum Gasteiger partial charge on any atom is 0.0631 e. The van der Waals surface area contributed by atoms with Gasteiger partial charge in [-0.1, -0.05) is 48.0 Å². The van der Waals surface area contributed by atoms with Gasteiger partial charge >= 0.3 is 0 Å². The second-order valence-corrected chi connectivity index (χ2v) is 6.50. The molecule has 0 fully saturated rings. The van der Waals surface area contributed by atoms with Crippen molar-refractivity contribution in [3.05, 3.63) is 52.3 Å². The van der Waals surface area contributed by atoms with Crippen LogP contribution in [0.3, 0.4) is 0 Å². The Morgan fingerprint density at radius 2 is 1.90 bits per heavy atom. The first-order chi connectivity index (χ1) is 10.2. The molecule has 0 bridgehead atoms. The van der Waals surface area contributed by atoms with E-state index in [1.807, 2.05) is 6.07 Å². The Balaban J connectivity index is 2.14. The Bertz CT molecular complexity index is 563. The van der Waals surface area contributed by atoms with Crippen LogP contribution in [0.4, 0.5) is 0 Å². The van der Waals surface area contributed by atoms with Gasteiger partial charge in [-0.05, 0) is 37.0 Å². The molecule has 1 heterocycles. The molecule has 0 spiro atoms. The monoisotopic (exact) mass is 368 g/mol. The van der Waals surface area contributed by atoms with Crippen LogP contribution in [-0.2, 0) is 6.42 Å². The molecule has 0 aliphatic heterocycles. The van der Waals surface area contributed by atoms with Crippen molar-refractivity contribution in [2.75, 3.05) is 5.88 Å². The average molecular weight is 370 g/mol. The largest absolute Gasteiger partial charge is 0.269 e. The molecule has 114 valence electrons. The lowest BCUT2D eigenvalue weighted by Crippen LogP contribution is -2.10. The van der Waals surface area contributed by atoms with E-state index < -0.39 is 0 Å². The van der Waals surface area contributed by atoms with Crippen molar-refractivity contribution in [1.29, 1.82) is 0 Å². The van der Waals surface area contributed by atoms with Crippen LogP contribution in [0, 0.1) is 0 Å². The van der Waals surface area contributed by atoms with E-state index in [0.29, 0.717) is 11.9 Å². The fourth-order valence-corrected chi connectivity index (χ4v) is 3.54. The van der Waals surface area contributed by atoms with Crippen LogP contribution in [0.2, 0.25) is 0 Å². The van der Waals surface area contributed by atoms with E-state index in [0.717, 1.165) is 29.4 Å². The van der Waals surface area contributed by atoms with Crippen LogP contribution in [0.1, 0.15) is 49.9 Å². The van der Waals surface area contributed by atoms with Crippen LogP contribution in [0.5, 0.6) is 0 Å². The number of alkyl halides is 1. The highest BCUT2D eigenvalue weighted by Gasteiger charge is 2.16. The third kappa shape index (κ3) is 4.10. The maximum absolute atomic E-state index is 6.19. The van der Waals surface area contributed by atoms with Crippen molar-refractivity contribution in [3.63, 3.8) is 0 Å². The Morgan fingerprint density at radius 3 is 2.52 bits per heavy atom. The number of hydrogen-bond donors (Lipinski definition) is 0. The van der Waals surface area contributed by atoms with Crippen molar-refractivity contribution >= 4 is 27.5 Å². The number of benzene rings is 1. The van der Waals surface area contributed by atoms with Gasteiger partial charge in [-0.3, -0.25) is 4.68 Å². The van der Waals surface area contributed by atoms with Crippen molar-refractivity contribution in [2.24, 2.45) is 0 Å². The number of halogens is 2. The molecule has 0 aliphatic rings. The molecule has 0 radical (unpaired) electrons. The molecule has 0 amide bonds. The van der Waals surface area contributed by atoms with Crippen molar-refractivity contribution < 1.29 is 0 Å². The van der Waals surface area contributed by atoms with Gasteiger partial charge < -0.3 is 0 Å². The predicted molar refractivity (Wildman–Crippen MR) is 93.2 cm³/mol. The minimum absolute atomic E-state index is 0.285. The third-order valence-electron chi connectivity index (χ3n) is 3.97. The summed E-state index contributed by atoms with van der Waals surface area (Å²) in [6.07, 6.45) is 5.19. The van der Waals surface area contributed by atoms with Gasteiger partial charge in [-0.2, -0.15) is 5.10 Å². The van der Waals surface area contributed by atoms with Gasteiger partial charge in [0, 0.05) is 22.5 Å². The summed E-state index contributed by atoms with van der Waals surface area (Å²) in [5.74, 6) is 0.882. The molecular formula is C17H22BrClN2. The van der Waals surface area contributed by atoms with Crippen molar-refractivity contribution in [1.82, 2.24) is 9.78 Å². The standard InChI is InChI=1S/C17H22BrClN2/c1-3-15(4-2)21-10-9-14(20-21)11-13(12-19)16-7-5-6-8-17(16)18/h5-10,13,15H,3-4,11-12H2,1-2H3. The summed E-state index contributed by atoms with van der Waals surface area (Å²) in [7, 11) is 0. The van der Waals surface area contributed by atoms with E-state index in [4.69, 9.17) is 16.7 Å². The summed E-state index contributed by atoms with van der Waals surface area (Å²) in [5.41, 5.74) is 2.37. The molecule has 1 aromatic heterocycles. The molecule has 0 saturated heterocycles. The first-order valence-corrected chi connectivity index (χ1v) is 8.86. The Hall–Kier alpha value is -0.800. The highest BCUT2D eigenvalue weighted by Crippen LogP contribution is 2.28. The number of hydrogen-bond acceptors (Lipinski definition) is 1. The van der Waals surface area contributed by atoms with Crippen LogP contribution < -0.4 is 0 Å². The van der Waals surface area contributed by atoms with Crippen molar-refractivity contribution in [2.45, 2.75) is 45.1 Å². The zero-order chi connectivity index (χ0) is 15.2. The zero-order valence-electron chi connectivity index (χ0n) is 12.6. The Labute approximate surface area is 140 Å². The summed E-state index contributed by atoms with van der Waals surface area (Å²) in [6, 6.07) is 10.9. The molecule has 1 unspecified atom stereocenters. The zero-order valence-corrected chi connectivity index (χ0v) is 14.9. The predicted octanol–water partition coefficient (Wildman–Crippen LogP) is 5.57. The second-order valence-electron chi connectivity index (χ2n) is 5.33. The summed E-state index contributed by atoms with van der Waals surface area (Å²) >= 11 is 9.81. The van der Waals surface area contributed by atoms with Crippen LogP contribution >= 0.6 is 27.5 Å². The van der Waals surface area contributed by atoms with Crippen LogP contribution in [0.15, 0.2) is 41.0 Å².